The van der Waals surface area contributed by atoms with Gasteiger partial charge in [0.2, 0.25) is 5.91 Å². The summed E-state index contributed by atoms with van der Waals surface area (Å²) in [6.07, 6.45) is 5.61. The molecule has 4 rings (SSSR count). The molecule has 0 aliphatic heterocycles. The molecular weight excluding hydrogens is 352 g/mol. The molecular formula is C23H24N2O3. The van der Waals surface area contributed by atoms with E-state index in [1.807, 2.05) is 18.2 Å². The van der Waals surface area contributed by atoms with Gasteiger partial charge in [0.25, 0.3) is 5.91 Å². The Morgan fingerprint density at radius 2 is 1.71 bits per heavy atom. The molecule has 2 aliphatic carbocycles. The van der Waals surface area contributed by atoms with Gasteiger partial charge in [0.15, 0.2) is 5.78 Å². The summed E-state index contributed by atoms with van der Waals surface area (Å²) in [7, 11) is 0. The Hall–Kier alpha value is -2.95. The van der Waals surface area contributed by atoms with Gasteiger partial charge >= 0.3 is 0 Å². The molecule has 2 aromatic rings. The second-order valence-corrected chi connectivity index (χ2v) is 7.64. The average molecular weight is 376 g/mol. The van der Waals surface area contributed by atoms with Gasteiger partial charge in [0.05, 0.1) is 0 Å². The lowest BCUT2D eigenvalue weighted by Gasteiger charge is -2.08. The van der Waals surface area contributed by atoms with Crippen LogP contribution in [0.4, 0.5) is 5.69 Å². The van der Waals surface area contributed by atoms with E-state index < -0.39 is 0 Å². The number of Topliss-reactive ketones (excluding diaryl/α,β-unsaturated/α-hetero) is 1. The average Bonchev–Trinajstić information content (AvgIpc) is 3.38. The van der Waals surface area contributed by atoms with E-state index in [0.717, 1.165) is 32.1 Å². The number of benzene rings is 2. The van der Waals surface area contributed by atoms with Crippen LogP contribution in [0, 0.1) is 0 Å². The van der Waals surface area contributed by atoms with Crippen molar-refractivity contribution >= 4 is 23.3 Å². The first-order valence-electron chi connectivity index (χ1n) is 9.94. The molecule has 28 heavy (non-hydrogen) atoms. The molecule has 5 nitrogen and oxygen atoms in total. The molecule has 2 aliphatic rings. The van der Waals surface area contributed by atoms with Crippen LogP contribution < -0.4 is 10.6 Å². The molecule has 1 fully saturated rings. The van der Waals surface area contributed by atoms with Gasteiger partial charge in [-0.15, -0.1) is 0 Å². The van der Waals surface area contributed by atoms with Crippen LogP contribution in [0.3, 0.4) is 0 Å². The van der Waals surface area contributed by atoms with Crippen molar-refractivity contribution in [1.82, 2.24) is 5.32 Å². The zero-order chi connectivity index (χ0) is 19.5. The van der Waals surface area contributed by atoms with E-state index in [9.17, 15) is 14.4 Å². The van der Waals surface area contributed by atoms with Crippen molar-refractivity contribution in [3.63, 3.8) is 0 Å². The van der Waals surface area contributed by atoms with Crippen molar-refractivity contribution in [1.29, 1.82) is 0 Å². The highest BCUT2D eigenvalue weighted by molar-refractivity contribution is 6.01. The monoisotopic (exact) mass is 376 g/mol. The molecule has 144 valence electrons. The van der Waals surface area contributed by atoms with Crippen LogP contribution in [0.1, 0.15) is 63.9 Å². The maximum Gasteiger partial charge on any atom is 0.251 e. The molecule has 0 bridgehead atoms. The van der Waals surface area contributed by atoms with E-state index in [4.69, 9.17) is 0 Å². The molecule has 0 saturated heterocycles. The summed E-state index contributed by atoms with van der Waals surface area (Å²) in [5.41, 5.74) is 4.38. The number of rotatable bonds is 7. The molecule has 2 N–H and O–H groups in total. The van der Waals surface area contributed by atoms with Gasteiger partial charge in [-0.2, -0.15) is 0 Å². The van der Waals surface area contributed by atoms with Crippen molar-refractivity contribution in [2.45, 2.75) is 51.0 Å². The maximum absolute atomic E-state index is 12.4. The van der Waals surface area contributed by atoms with Gasteiger partial charge in [-0.25, -0.2) is 0 Å². The molecule has 0 heterocycles. The lowest BCUT2D eigenvalue weighted by Crippen LogP contribution is -2.25. The molecule has 0 aromatic heterocycles. The standard InChI is InChI=1S/C23H24N2O3/c26-21(17-8-7-15-3-1-4-16(15)13-17)11-12-22(27)24-20-6-2-5-18(14-20)23(28)25-19-9-10-19/h2,5-8,13-14,19H,1,3-4,9-12H2,(H,24,27)(H,25,28). The Labute approximate surface area is 164 Å². The van der Waals surface area contributed by atoms with Crippen molar-refractivity contribution in [3.05, 3.63) is 64.7 Å². The molecule has 2 aromatic carbocycles. The molecule has 0 radical (unpaired) electrons. The number of aryl methyl sites for hydroxylation is 2. The SMILES string of the molecule is O=C(CCC(=O)c1ccc2c(c1)CCC2)Nc1cccc(C(=O)NC2CC2)c1. The van der Waals surface area contributed by atoms with Crippen LogP contribution in [0.2, 0.25) is 0 Å². The number of nitrogens with one attached hydrogen (secondary N) is 2. The first kappa shape index (κ1) is 18.4. The van der Waals surface area contributed by atoms with Crippen molar-refractivity contribution in [2.24, 2.45) is 0 Å². The predicted octanol–water partition coefficient (Wildman–Crippen LogP) is 3.67. The quantitative estimate of drug-likeness (QED) is 0.724. The molecule has 2 amide bonds. The Morgan fingerprint density at radius 3 is 2.54 bits per heavy atom. The number of hydrogen-bond donors (Lipinski definition) is 2. The summed E-state index contributed by atoms with van der Waals surface area (Å²) in [5, 5.41) is 5.71. The maximum atomic E-state index is 12.4. The zero-order valence-corrected chi connectivity index (χ0v) is 15.8. The first-order chi connectivity index (χ1) is 13.6. The lowest BCUT2D eigenvalue weighted by molar-refractivity contribution is -0.116. The summed E-state index contributed by atoms with van der Waals surface area (Å²) >= 11 is 0. The second kappa shape index (κ2) is 7.97. The summed E-state index contributed by atoms with van der Waals surface area (Å²) in [6.45, 7) is 0. The van der Waals surface area contributed by atoms with E-state index >= 15 is 0 Å². The summed E-state index contributed by atoms with van der Waals surface area (Å²) < 4.78 is 0. The Bertz CT molecular complexity index is 931. The first-order valence-corrected chi connectivity index (χ1v) is 9.94. The van der Waals surface area contributed by atoms with Crippen LogP contribution in [-0.2, 0) is 17.6 Å². The van der Waals surface area contributed by atoms with Crippen LogP contribution in [-0.4, -0.2) is 23.6 Å². The fourth-order valence-electron chi connectivity index (χ4n) is 3.57. The van der Waals surface area contributed by atoms with Gasteiger partial charge in [-0.3, -0.25) is 14.4 Å². The summed E-state index contributed by atoms with van der Waals surface area (Å²) in [6, 6.07) is 13.0. The number of carbonyl (C=O) groups excluding carboxylic acids is 3. The van der Waals surface area contributed by atoms with E-state index in [0.29, 0.717) is 16.8 Å². The third kappa shape index (κ3) is 4.47. The van der Waals surface area contributed by atoms with Crippen LogP contribution in [0.15, 0.2) is 42.5 Å². The highest BCUT2D eigenvalue weighted by Gasteiger charge is 2.23. The molecule has 5 heteroatoms. The van der Waals surface area contributed by atoms with E-state index in [2.05, 4.69) is 10.6 Å². The number of anilines is 1. The topological polar surface area (TPSA) is 75.3 Å². The van der Waals surface area contributed by atoms with Gasteiger partial charge in [-0.1, -0.05) is 18.2 Å². The van der Waals surface area contributed by atoms with Crippen molar-refractivity contribution in [3.8, 4) is 0 Å². The smallest absolute Gasteiger partial charge is 0.251 e. The van der Waals surface area contributed by atoms with Gasteiger partial charge < -0.3 is 10.6 Å². The fraction of sp³-hybridized carbons (Fsp3) is 0.348. The molecule has 0 atom stereocenters. The van der Waals surface area contributed by atoms with E-state index in [1.165, 1.54) is 11.1 Å². The lowest BCUT2D eigenvalue weighted by atomic mass is 10.0. The Balaban J connectivity index is 1.30. The minimum atomic E-state index is -0.228. The largest absolute Gasteiger partial charge is 0.349 e. The predicted molar refractivity (Wildman–Crippen MR) is 108 cm³/mol. The number of ketones is 1. The number of fused-ring (bicyclic) bond motifs is 1. The third-order valence-corrected chi connectivity index (χ3v) is 5.32. The van der Waals surface area contributed by atoms with E-state index in [-0.39, 0.29) is 36.5 Å². The van der Waals surface area contributed by atoms with Crippen LogP contribution >= 0.6 is 0 Å². The Morgan fingerprint density at radius 1 is 0.893 bits per heavy atom. The second-order valence-electron chi connectivity index (χ2n) is 7.64. The highest BCUT2D eigenvalue weighted by Crippen LogP contribution is 2.24. The van der Waals surface area contributed by atoms with Crippen molar-refractivity contribution < 1.29 is 14.4 Å². The van der Waals surface area contributed by atoms with Gasteiger partial charge in [-0.05, 0) is 67.5 Å². The van der Waals surface area contributed by atoms with Crippen LogP contribution in [0.5, 0.6) is 0 Å². The number of amides is 2. The summed E-state index contributed by atoms with van der Waals surface area (Å²) in [5.74, 6) is -0.359. The minimum Gasteiger partial charge on any atom is -0.349 e. The van der Waals surface area contributed by atoms with E-state index in [1.54, 1.807) is 24.3 Å². The fourth-order valence-corrected chi connectivity index (χ4v) is 3.57. The summed E-state index contributed by atoms with van der Waals surface area (Å²) in [4.78, 5) is 36.8. The third-order valence-electron chi connectivity index (χ3n) is 5.32. The molecule has 0 spiro atoms. The van der Waals surface area contributed by atoms with Crippen LogP contribution in [0.25, 0.3) is 0 Å². The normalized spacial score (nSPS) is 15.0. The van der Waals surface area contributed by atoms with Gasteiger partial charge in [0, 0.05) is 35.7 Å². The Kier molecular flexibility index (Phi) is 5.24. The van der Waals surface area contributed by atoms with Crippen molar-refractivity contribution in [2.75, 3.05) is 5.32 Å². The molecule has 1 saturated carbocycles. The zero-order valence-electron chi connectivity index (χ0n) is 15.8. The van der Waals surface area contributed by atoms with Gasteiger partial charge in [0.1, 0.15) is 0 Å². The highest BCUT2D eigenvalue weighted by atomic mass is 16.2. The minimum absolute atomic E-state index is 0.0117. The molecule has 0 unspecified atom stereocenters. The number of hydrogen-bond acceptors (Lipinski definition) is 3. The number of carbonyl (C=O) groups is 3.